The SMILES string of the molecule is CC(C)n1ncc(-c2ccnc(C3CCC3CC3CCC(N)CC3)n2)c1CC1CC1. The Balaban J connectivity index is 1.33. The molecule has 5 rings (SSSR count). The van der Waals surface area contributed by atoms with Crippen molar-refractivity contribution in [3.8, 4) is 11.3 Å². The normalized spacial score (nSPS) is 29.2. The lowest BCUT2D eigenvalue weighted by molar-refractivity contribution is 0.171. The maximum atomic E-state index is 6.10. The lowest BCUT2D eigenvalue weighted by atomic mass is 9.67. The summed E-state index contributed by atoms with van der Waals surface area (Å²) in [7, 11) is 0. The molecule has 3 fully saturated rings. The van der Waals surface area contributed by atoms with E-state index in [0.29, 0.717) is 18.0 Å². The Labute approximate surface area is 180 Å². The Morgan fingerprint density at radius 1 is 1.03 bits per heavy atom. The molecule has 2 aromatic heterocycles. The monoisotopic (exact) mass is 407 g/mol. The molecule has 3 aliphatic rings. The minimum atomic E-state index is 0.383. The van der Waals surface area contributed by atoms with Crippen molar-refractivity contribution >= 4 is 0 Å². The van der Waals surface area contributed by atoms with Crippen LogP contribution in [0.5, 0.6) is 0 Å². The minimum Gasteiger partial charge on any atom is -0.328 e. The molecule has 2 heterocycles. The molecule has 0 spiro atoms. The summed E-state index contributed by atoms with van der Waals surface area (Å²) >= 11 is 0. The van der Waals surface area contributed by atoms with Crippen molar-refractivity contribution < 1.29 is 0 Å². The molecule has 5 nitrogen and oxygen atoms in total. The topological polar surface area (TPSA) is 69.6 Å². The highest BCUT2D eigenvalue weighted by atomic mass is 15.3. The van der Waals surface area contributed by atoms with Gasteiger partial charge in [-0.1, -0.05) is 0 Å². The van der Waals surface area contributed by atoms with E-state index in [-0.39, 0.29) is 0 Å². The summed E-state index contributed by atoms with van der Waals surface area (Å²) in [5.41, 5.74) is 9.75. The van der Waals surface area contributed by atoms with Gasteiger partial charge in [0, 0.05) is 35.5 Å². The second-order valence-corrected chi connectivity index (χ2v) is 10.5. The number of hydrogen-bond donors (Lipinski definition) is 1. The summed E-state index contributed by atoms with van der Waals surface area (Å²) in [6, 6.07) is 2.90. The molecule has 2 unspecified atom stereocenters. The summed E-state index contributed by atoms with van der Waals surface area (Å²) in [6.45, 7) is 4.44. The minimum absolute atomic E-state index is 0.383. The molecule has 0 amide bonds. The van der Waals surface area contributed by atoms with Crippen molar-refractivity contribution in [2.24, 2.45) is 23.5 Å². The first kappa shape index (κ1) is 20.2. The van der Waals surface area contributed by atoms with Crippen LogP contribution >= 0.6 is 0 Å². The summed E-state index contributed by atoms with van der Waals surface area (Å²) in [5, 5.41) is 4.73. The van der Waals surface area contributed by atoms with Crippen molar-refractivity contribution in [2.45, 2.75) is 96.1 Å². The van der Waals surface area contributed by atoms with Crippen molar-refractivity contribution in [2.75, 3.05) is 0 Å². The molecule has 0 radical (unpaired) electrons. The van der Waals surface area contributed by atoms with Crippen LogP contribution in [0.25, 0.3) is 11.3 Å². The van der Waals surface area contributed by atoms with Crippen LogP contribution in [0.3, 0.4) is 0 Å². The number of hydrogen-bond acceptors (Lipinski definition) is 4. The predicted molar refractivity (Wildman–Crippen MR) is 120 cm³/mol. The van der Waals surface area contributed by atoms with Gasteiger partial charge in [-0.15, -0.1) is 0 Å². The van der Waals surface area contributed by atoms with Crippen LogP contribution in [-0.2, 0) is 6.42 Å². The molecule has 3 aliphatic carbocycles. The maximum absolute atomic E-state index is 6.10. The van der Waals surface area contributed by atoms with Crippen LogP contribution in [0.1, 0.15) is 95.1 Å². The third-order valence-corrected chi connectivity index (χ3v) is 7.79. The molecule has 0 saturated heterocycles. The van der Waals surface area contributed by atoms with Gasteiger partial charge in [0.1, 0.15) is 5.82 Å². The van der Waals surface area contributed by atoms with Gasteiger partial charge in [-0.25, -0.2) is 9.97 Å². The molecule has 0 bridgehead atoms. The number of nitrogens with zero attached hydrogens (tertiary/aromatic N) is 4. The molecule has 162 valence electrons. The molecule has 0 aliphatic heterocycles. The zero-order valence-electron chi connectivity index (χ0n) is 18.6. The molecule has 2 aromatic rings. The van der Waals surface area contributed by atoms with Crippen LogP contribution < -0.4 is 5.73 Å². The van der Waals surface area contributed by atoms with Gasteiger partial charge in [-0.3, -0.25) is 4.68 Å². The molecule has 2 N–H and O–H groups in total. The second-order valence-electron chi connectivity index (χ2n) is 10.5. The summed E-state index contributed by atoms with van der Waals surface area (Å²) < 4.78 is 2.20. The first-order valence-corrected chi connectivity index (χ1v) is 12.2. The highest BCUT2D eigenvalue weighted by molar-refractivity contribution is 5.61. The molecule has 30 heavy (non-hydrogen) atoms. The van der Waals surface area contributed by atoms with Crippen LogP contribution in [0, 0.1) is 17.8 Å². The Bertz CT molecular complexity index is 860. The molecule has 2 atom stereocenters. The maximum Gasteiger partial charge on any atom is 0.132 e. The standard InChI is InChI=1S/C25H37N5/c1-16(2)30-24(14-18-3-4-18)22(15-28-30)23-11-12-27-25(29-23)21-10-7-19(21)13-17-5-8-20(26)9-6-17/h11-12,15-21H,3-10,13-14,26H2,1-2H3. The van der Waals surface area contributed by atoms with Gasteiger partial charge in [0.25, 0.3) is 0 Å². The quantitative estimate of drug-likeness (QED) is 0.678. The highest BCUT2D eigenvalue weighted by Crippen LogP contribution is 2.46. The summed E-state index contributed by atoms with van der Waals surface area (Å²) in [6.07, 6.45) is 16.8. The van der Waals surface area contributed by atoms with Crippen LogP contribution in [0.4, 0.5) is 0 Å². The molecular weight excluding hydrogens is 370 g/mol. The number of rotatable bonds is 7. The van der Waals surface area contributed by atoms with Gasteiger partial charge >= 0.3 is 0 Å². The van der Waals surface area contributed by atoms with Gasteiger partial charge in [0.05, 0.1) is 11.9 Å². The zero-order chi connectivity index (χ0) is 20.7. The predicted octanol–water partition coefficient (Wildman–Crippen LogP) is 5.27. The average molecular weight is 408 g/mol. The summed E-state index contributed by atoms with van der Waals surface area (Å²) in [4.78, 5) is 9.83. The zero-order valence-corrected chi connectivity index (χ0v) is 18.6. The van der Waals surface area contributed by atoms with Crippen molar-refractivity contribution in [3.63, 3.8) is 0 Å². The fourth-order valence-electron chi connectivity index (χ4n) is 5.59. The number of aromatic nitrogens is 4. The molecule has 5 heteroatoms. The van der Waals surface area contributed by atoms with Crippen molar-refractivity contribution in [1.29, 1.82) is 0 Å². The third-order valence-electron chi connectivity index (χ3n) is 7.79. The van der Waals surface area contributed by atoms with E-state index in [4.69, 9.17) is 20.8 Å². The van der Waals surface area contributed by atoms with E-state index < -0.39 is 0 Å². The van der Waals surface area contributed by atoms with Gasteiger partial charge in [0.15, 0.2) is 0 Å². The van der Waals surface area contributed by atoms with Gasteiger partial charge in [-0.05, 0) is 102 Å². The smallest absolute Gasteiger partial charge is 0.132 e. The fourth-order valence-corrected chi connectivity index (χ4v) is 5.59. The molecule has 0 aromatic carbocycles. The van der Waals surface area contributed by atoms with E-state index in [9.17, 15) is 0 Å². The van der Waals surface area contributed by atoms with Crippen LogP contribution in [-0.4, -0.2) is 25.8 Å². The van der Waals surface area contributed by atoms with E-state index in [2.05, 4.69) is 24.6 Å². The Kier molecular flexibility index (Phi) is 5.65. The van der Waals surface area contributed by atoms with Crippen LogP contribution in [0.2, 0.25) is 0 Å². The van der Waals surface area contributed by atoms with Gasteiger partial charge in [-0.2, -0.15) is 5.10 Å². The summed E-state index contributed by atoms with van der Waals surface area (Å²) in [5.74, 6) is 4.04. The van der Waals surface area contributed by atoms with E-state index >= 15 is 0 Å². The molecular formula is C25H37N5. The molecule has 3 saturated carbocycles. The Morgan fingerprint density at radius 2 is 1.80 bits per heavy atom. The first-order chi connectivity index (χ1) is 14.6. The lowest BCUT2D eigenvalue weighted by Crippen LogP contribution is -2.31. The highest BCUT2D eigenvalue weighted by Gasteiger charge is 2.36. The first-order valence-electron chi connectivity index (χ1n) is 12.2. The van der Waals surface area contributed by atoms with Gasteiger partial charge < -0.3 is 5.73 Å². The van der Waals surface area contributed by atoms with Crippen molar-refractivity contribution in [1.82, 2.24) is 19.7 Å². The Morgan fingerprint density at radius 3 is 2.47 bits per heavy atom. The largest absolute Gasteiger partial charge is 0.328 e. The van der Waals surface area contributed by atoms with Gasteiger partial charge in [0.2, 0.25) is 0 Å². The van der Waals surface area contributed by atoms with E-state index in [1.807, 2.05) is 12.4 Å². The van der Waals surface area contributed by atoms with Crippen LogP contribution in [0.15, 0.2) is 18.5 Å². The van der Waals surface area contributed by atoms with E-state index in [1.54, 1.807) is 0 Å². The number of nitrogens with two attached hydrogens (primary N) is 1. The Hall–Kier alpha value is -1.75. The lowest BCUT2D eigenvalue weighted by Gasteiger charge is -2.39. The van der Waals surface area contributed by atoms with Crippen molar-refractivity contribution in [3.05, 3.63) is 30.0 Å². The second kappa shape index (κ2) is 8.41. The fraction of sp³-hybridized carbons (Fsp3) is 0.720. The third kappa shape index (κ3) is 4.18. The average Bonchev–Trinajstić information content (AvgIpc) is 3.43. The van der Waals surface area contributed by atoms with E-state index in [1.165, 1.54) is 69.0 Å². The van der Waals surface area contributed by atoms with E-state index in [0.717, 1.165) is 35.7 Å².